The van der Waals surface area contributed by atoms with Gasteiger partial charge in [0.15, 0.2) is 5.13 Å². The molecule has 1 aliphatic heterocycles. The number of rotatable bonds is 6. The summed E-state index contributed by atoms with van der Waals surface area (Å²) in [5.41, 5.74) is 2.19. The Morgan fingerprint density at radius 2 is 2.17 bits per heavy atom. The number of amides is 1. The van der Waals surface area contributed by atoms with Crippen molar-refractivity contribution in [3.8, 4) is 0 Å². The topological polar surface area (TPSA) is 45.2 Å². The predicted octanol–water partition coefficient (Wildman–Crippen LogP) is 3.81. The first kappa shape index (κ1) is 17.5. The lowest BCUT2D eigenvalue weighted by Crippen LogP contribution is -2.30. The lowest BCUT2D eigenvalue weighted by atomic mass is 10.1. The molecule has 1 amide bonds. The Kier molecular flexibility index (Phi) is 5.92. The van der Waals surface area contributed by atoms with Gasteiger partial charge in [-0.25, -0.2) is 4.98 Å². The van der Waals surface area contributed by atoms with Crippen molar-refractivity contribution in [3.63, 3.8) is 0 Å². The van der Waals surface area contributed by atoms with Gasteiger partial charge in [0.25, 0.3) is 0 Å². The third kappa shape index (κ3) is 4.37. The highest BCUT2D eigenvalue weighted by Gasteiger charge is 2.20. The van der Waals surface area contributed by atoms with E-state index < -0.39 is 0 Å². The van der Waals surface area contributed by atoms with Crippen molar-refractivity contribution in [1.29, 1.82) is 0 Å². The number of fused-ring (bicyclic) bond motifs is 1. The van der Waals surface area contributed by atoms with Crippen molar-refractivity contribution in [1.82, 2.24) is 9.88 Å². The lowest BCUT2D eigenvalue weighted by molar-refractivity contribution is -0.115. The largest absolute Gasteiger partial charge is 0.302 e. The molecule has 0 spiro atoms. The second-order valence-electron chi connectivity index (χ2n) is 5.99. The molecule has 2 aromatic rings. The molecule has 0 unspecified atom stereocenters. The third-order valence-electron chi connectivity index (χ3n) is 4.12. The molecule has 24 heavy (non-hydrogen) atoms. The number of benzene rings is 1. The molecule has 1 aliphatic rings. The van der Waals surface area contributed by atoms with Crippen LogP contribution in [0.15, 0.2) is 29.2 Å². The van der Waals surface area contributed by atoms with Crippen LogP contribution in [0.4, 0.5) is 5.13 Å². The minimum Gasteiger partial charge on any atom is -0.302 e. The average Bonchev–Trinajstić information content (AvgIpc) is 2.97. The van der Waals surface area contributed by atoms with Crippen LogP contribution in [0.5, 0.6) is 0 Å². The van der Waals surface area contributed by atoms with E-state index in [0.29, 0.717) is 6.42 Å². The second-order valence-corrected chi connectivity index (χ2v) is 7.95. The predicted molar refractivity (Wildman–Crippen MR) is 102 cm³/mol. The van der Waals surface area contributed by atoms with Crippen molar-refractivity contribution < 1.29 is 4.79 Å². The molecule has 1 aromatic carbocycles. The van der Waals surface area contributed by atoms with Gasteiger partial charge >= 0.3 is 0 Å². The number of carbonyl (C=O) groups excluding carboxylic acids is 1. The highest BCUT2D eigenvalue weighted by molar-refractivity contribution is 7.98. The molecule has 3 rings (SSSR count). The van der Waals surface area contributed by atoms with E-state index in [1.54, 1.807) is 23.1 Å². The first-order valence-corrected chi connectivity index (χ1v) is 10.4. The number of aromatic nitrogens is 1. The van der Waals surface area contributed by atoms with Crippen LogP contribution in [0.1, 0.15) is 29.5 Å². The standard InChI is InChI=1S/C18H23N3OS2/c1-3-9-21-10-8-15-16(12-21)24-18(19-15)20-17(22)11-13-4-6-14(23-2)7-5-13/h4-7H,3,8-12H2,1-2H3,(H,19,20,22). The van der Waals surface area contributed by atoms with Crippen molar-refractivity contribution in [3.05, 3.63) is 40.4 Å². The van der Waals surface area contributed by atoms with Crippen molar-refractivity contribution in [2.45, 2.75) is 37.6 Å². The zero-order chi connectivity index (χ0) is 16.9. The summed E-state index contributed by atoms with van der Waals surface area (Å²) >= 11 is 3.33. The van der Waals surface area contributed by atoms with E-state index in [-0.39, 0.29) is 5.91 Å². The maximum atomic E-state index is 12.3. The van der Waals surface area contributed by atoms with E-state index in [1.165, 1.54) is 16.2 Å². The van der Waals surface area contributed by atoms with Crippen LogP contribution in [0, 0.1) is 0 Å². The summed E-state index contributed by atoms with van der Waals surface area (Å²) in [7, 11) is 0. The van der Waals surface area contributed by atoms with Crippen molar-refractivity contribution in [2.75, 3.05) is 24.7 Å². The molecule has 4 nitrogen and oxygen atoms in total. The number of anilines is 1. The van der Waals surface area contributed by atoms with Crippen LogP contribution >= 0.6 is 23.1 Å². The first-order chi connectivity index (χ1) is 11.7. The minimum absolute atomic E-state index is 0.00316. The van der Waals surface area contributed by atoms with E-state index in [4.69, 9.17) is 0 Å². The van der Waals surface area contributed by atoms with Crippen LogP contribution in [-0.4, -0.2) is 35.1 Å². The first-order valence-electron chi connectivity index (χ1n) is 8.31. The highest BCUT2D eigenvalue weighted by atomic mass is 32.2. The number of hydrogen-bond acceptors (Lipinski definition) is 5. The molecule has 6 heteroatoms. The molecular weight excluding hydrogens is 338 g/mol. The lowest BCUT2D eigenvalue weighted by Gasteiger charge is -2.24. The molecule has 0 fully saturated rings. The van der Waals surface area contributed by atoms with E-state index >= 15 is 0 Å². The number of carbonyl (C=O) groups is 1. The number of thiazole rings is 1. The van der Waals surface area contributed by atoms with Gasteiger partial charge in [0, 0.05) is 29.3 Å². The molecular formula is C18H23N3OS2. The Balaban J connectivity index is 1.59. The zero-order valence-electron chi connectivity index (χ0n) is 14.2. The van der Waals surface area contributed by atoms with Gasteiger partial charge in [-0.05, 0) is 36.9 Å². The quantitative estimate of drug-likeness (QED) is 0.795. The van der Waals surface area contributed by atoms with Crippen LogP contribution < -0.4 is 5.32 Å². The van der Waals surface area contributed by atoms with E-state index in [9.17, 15) is 4.79 Å². The van der Waals surface area contributed by atoms with Crippen LogP contribution in [0.2, 0.25) is 0 Å². The number of thioether (sulfide) groups is 1. The fourth-order valence-electron chi connectivity index (χ4n) is 2.90. The van der Waals surface area contributed by atoms with Gasteiger partial charge < -0.3 is 5.32 Å². The van der Waals surface area contributed by atoms with Gasteiger partial charge in [0.2, 0.25) is 5.91 Å². The maximum Gasteiger partial charge on any atom is 0.230 e. The fourth-order valence-corrected chi connectivity index (χ4v) is 4.38. The number of nitrogens with one attached hydrogen (secondary N) is 1. The summed E-state index contributed by atoms with van der Waals surface area (Å²) in [6.45, 7) is 5.37. The average molecular weight is 362 g/mol. The summed E-state index contributed by atoms with van der Waals surface area (Å²) < 4.78 is 0. The van der Waals surface area contributed by atoms with Crippen LogP contribution in [-0.2, 0) is 24.2 Å². The number of nitrogens with zero attached hydrogens (tertiary/aromatic N) is 2. The molecule has 0 atom stereocenters. The van der Waals surface area contributed by atoms with E-state index in [2.05, 4.69) is 34.3 Å². The molecule has 0 saturated heterocycles. The Bertz CT molecular complexity index is 697. The van der Waals surface area contributed by atoms with Gasteiger partial charge in [-0.3, -0.25) is 9.69 Å². The van der Waals surface area contributed by atoms with Crippen molar-refractivity contribution >= 4 is 34.1 Å². The van der Waals surface area contributed by atoms with Crippen LogP contribution in [0.25, 0.3) is 0 Å². The summed E-state index contributed by atoms with van der Waals surface area (Å²) in [4.78, 5) is 21.8. The van der Waals surface area contributed by atoms with E-state index in [0.717, 1.165) is 42.4 Å². The summed E-state index contributed by atoms with van der Waals surface area (Å²) in [5.74, 6) is 0.00316. The number of hydrogen-bond donors (Lipinski definition) is 1. The van der Waals surface area contributed by atoms with Gasteiger partial charge in [-0.2, -0.15) is 0 Å². The molecule has 0 saturated carbocycles. The van der Waals surface area contributed by atoms with Gasteiger partial charge in [0.1, 0.15) is 0 Å². The molecule has 128 valence electrons. The summed E-state index contributed by atoms with van der Waals surface area (Å²) in [6, 6.07) is 8.14. The second kappa shape index (κ2) is 8.14. The normalized spacial score (nSPS) is 14.4. The molecule has 0 aliphatic carbocycles. The SMILES string of the molecule is CCCN1CCc2nc(NC(=O)Cc3ccc(SC)cc3)sc2C1. The summed E-state index contributed by atoms with van der Waals surface area (Å²) in [5, 5.41) is 3.71. The summed E-state index contributed by atoms with van der Waals surface area (Å²) in [6.07, 6.45) is 4.60. The van der Waals surface area contributed by atoms with Gasteiger partial charge in [-0.1, -0.05) is 19.1 Å². The Hall–Kier alpha value is -1.37. The molecule has 1 N–H and O–H groups in total. The fraction of sp³-hybridized carbons (Fsp3) is 0.444. The van der Waals surface area contributed by atoms with Gasteiger partial charge in [-0.15, -0.1) is 23.1 Å². The molecule has 2 heterocycles. The zero-order valence-corrected chi connectivity index (χ0v) is 15.8. The monoisotopic (exact) mass is 361 g/mol. The van der Waals surface area contributed by atoms with E-state index in [1.807, 2.05) is 18.4 Å². The minimum atomic E-state index is 0.00316. The van der Waals surface area contributed by atoms with Gasteiger partial charge in [0.05, 0.1) is 12.1 Å². The maximum absolute atomic E-state index is 12.3. The molecule has 0 radical (unpaired) electrons. The highest BCUT2D eigenvalue weighted by Crippen LogP contribution is 2.28. The Morgan fingerprint density at radius 1 is 1.38 bits per heavy atom. The van der Waals surface area contributed by atoms with Crippen molar-refractivity contribution in [2.24, 2.45) is 0 Å². The molecule has 1 aromatic heterocycles. The Morgan fingerprint density at radius 3 is 2.88 bits per heavy atom. The Labute approximate surface area is 151 Å². The molecule has 0 bridgehead atoms. The van der Waals surface area contributed by atoms with Crippen LogP contribution in [0.3, 0.4) is 0 Å². The third-order valence-corrected chi connectivity index (χ3v) is 5.86. The smallest absolute Gasteiger partial charge is 0.230 e.